The molecule has 0 atom stereocenters. The van der Waals surface area contributed by atoms with Crippen LogP contribution in [0.2, 0.25) is 0 Å². The molecular formula is C12H11F4N3. The monoisotopic (exact) mass is 273 g/mol. The van der Waals surface area contributed by atoms with Crippen molar-refractivity contribution in [1.29, 1.82) is 0 Å². The second kappa shape index (κ2) is 4.64. The van der Waals surface area contributed by atoms with Crippen molar-refractivity contribution in [3.05, 3.63) is 29.8 Å². The first-order valence-electron chi connectivity index (χ1n) is 5.58. The van der Waals surface area contributed by atoms with Crippen molar-refractivity contribution in [3.63, 3.8) is 0 Å². The molecule has 3 nitrogen and oxygen atoms in total. The third-order valence-electron chi connectivity index (χ3n) is 2.34. The smallest absolute Gasteiger partial charge is 0.367 e. The van der Waals surface area contributed by atoms with E-state index in [1.807, 2.05) is 0 Å². The summed E-state index contributed by atoms with van der Waals surface area (Å²) < 4.78 is 51.2. The Labute approximate surface area is 106 Å². The lowest BCUT2D eigenvalue weighted by Gasteiger charge is -2.14. The van der Waals surface area contributed by atoms with Gasteiger partial charge in [-0.2, -0.15) is 13.2 Å². The van der Waals surface area contributed by atoms with Crippen molar-refractivity contribution in [2.24, 2.45) is 0 Å². The number of hydrogen-bond donors (Lipinski definition) is 1. The van der Waals surface area contributed by atoms with Gasteiger partial charge in [0.2, 0.25) is 5.82 Å². The van der Waals surface area contributed by atoms with Crippen LogP contribution in [0.3, 0.4) is 0 Å². The van der Waals surface area contributed by atoms with Crippen LogP contribution in [0.25, 0.3) is 10.9 Å². The zero-order valence-corrected chi connectivity index (χ0v) is 10.2. The fourth-order valence-electron chi connectivity index (χ4n) is 1.61. The van der Waals surface area contributed by atoms with E-state index in [1.165, 1.54) is 6.07 Å². The number of nitrogens with one attached hydrogen (secondary N) is 1. The summed E-state index contributed by atoms with van der Waals surface area (Å²) in [4.78, 5) is 6.85. The molecule has 0 aliphatic heterocycles. The molecule has 0 saturated carbocycles. The summed E-state index contributed by atoms with van der Waals surface area (Å²) >= 11 is 0. The van der Waals surface area contributed by atoms with Gasteiger partial charge in [-0.05, 0) is 32.0 Å². The topological polar surface area (TPSA) is 37.8 Å². The number of aromatic nitrogens is 2. The van der Waals surface area contributed by atoms with Crippen LogP contribution in [-0.4, -0.2) is 16.0 Å². The maximum absolute atomic E-state index is 13.2. The number of anilines is 1. The van der Waals surface area contributed by atoms with Crippen LogP contribution < -0.4 is 5.32 Å². The fourth-order valence-corrected chi connectivity index (χ4v) is 1.61. The van der Waals surface area contributed by atoms with E-state index in [1.54, 1.807) is 13.8 Å². The first-order chi connectivity index (χ1) is 8.77. The van der Waals surface area contributed by atoms with Crippen LogP contribution in [0, 0.1) is 5.82 Å². The van der Waals surface area contributed by atoms with E-state index in [0.717, 1.165) is 12.1 Å². The molecule has 0 radical (unpaired) electrons. The number of nitrogens with zero attached hydrogens (tertiary/aromatic N) is 2. The van der Waals surface area contributed by atoms with E-state index in [-0.39, 0.29) is 22.8 Å². The summed E-state index contributed by atoms with van der Waals surface area (Å²) in [5, 5.41) is 2.99. The SMILES string of the molecule is CC(C)Nc1nc(C(F)(F)F)nc2ccc(F)cc12. The van der Waals surface area contributed by atoms with Crippen molar-refractivity contribution in [2.45, 2.75) is 26.1 Å². The fraction of sp³-hybridized carbons (Fsp3) is 0.333. The molecule has 0 aliphatic carbocycles. The number of halogens is 4. The quantitative estimate of drug-likeness (QED) is 0.849. The van der Waals surface area contributed by atoms with Gasteiger partial charge in [0.15, 0.2) is 0 Å². The Morgan fingerprint density at radius 1 is 1.16 bits per heavy atom. The summed E-state index contributed by atoms with van der Waals surface area (Å²) in [7, 11) is 0. The Balaban J connectivity index is 2.69. The largest absolute Gasteiger partial charge is 0.451 e. The first kappa shape index (κ1) is 13.5. The normalized spacial score (nSPS) is 12.2. The summed E-state index contributed by atoms with van der Waals surface area (Å²) in [5.74, 6) is -1.82. The molecule has 7 heteroatoms. The summed E-state index contributed by atoms with van der Waals surface area (Å²) in [6, 6.07) is 3.24. The molecular weight excluding hydrogens is 262 g/mol. The van der Waals surface area contributed by atoms with Gasteiger partial charge >= 0.3 is 6.18 Å². The van der Waals surface area contributed by atoms with Gasteiger partial charge in [-0.1, -0.05) is 0 Å². The summed E-state index contributed by atoms with van der Waals surface area (Å²) in [5.41, 5.74) is 0.0480. The van der Waals surface area contributed by atoms with Gasteiger partial charge in [-0.15, -0.1) is 0 Å². The third kappa shape index (κ3) is 2.91. The maximum Gasteiger partial charge on any atom is 0.451 e. The molecule has 1 N–H and O–H groups in total. The molecule has 0 unspecified atom stereocenters. The highest BCUT2D eigenvalue weighted by atomic mass is 19.4. The second-order valence-electron chi connectivity index (χ2n) is 4.35. The molecule has 0 aliphatic rings. The molecule has 0 amide bonds. The molecule has 2 aromatic rings. The van der Waals surface area contributed by atoms with Gasteiger partial charge in [0.25, 0.3) is 0 Å². The third-order valence-corrected chi connectivity index (χ3v) is 2.34. The van der Waals surface area contributed by atoms with Gasteiger partial charge in [0.05, 0.1) is 5.52 Å². The molecule has 1 aromatic carbocycles. The van der Waals surface area contributed by atoms with Crippen molar-refractivity contribution in [1.82, 2.24) is 9.97 Å². The van der Waals surface area contributed by atoms with Crippen LogP contribution in [0.5, 0.6) is 0 Å². The number of rotatable bonds is 2. The number of benzene rings is 1. The highest BCUT2D eigenvalue weighted by molar-refractivity contribution is 5.89. The average Bonchev–Trinajstić information content (AvgIpc) is 2.27. The van der Waals surface area contributed by atoms with Crippen molar-refractivity contribution in [3.8, 4) is 0 Å². The van der Waals surface area contributed by atoms with E-state index in [0.29, 0.717) is 0 Å². The van der Waals surface area contributed by atoms with Crippen LogP contribution in [0.4, 0.5) is 23.4 Å². The highest BCUT2D eigenvalue weighted by Crippen LogP contribution is 2.30. The van der Waals surface area contributed by atoms with Gasteiger partial charge in [0, 0.05) is 11.4 Å². The lowest BCUT2D eigenvalue weighted by atomic mass is 10.2. The van der Waals surface area contributed by atoms with Gasteiger partial charge < -0.3 is 5.32 Å². The number of hydrogen-bond acceptors (Lipinski definition) is 3. The molecule has 19 heavy (non-hydrogen) atoms. The van der Waals surface area contributed by atoms with E-state index < -0.39 is 17.8 Å². The van der Waals surface area contributed by atoms with Crippen molar-refractivity contribution in [2.75, 3.05) is 5.32 Å². The first-order valence-corrected chi connectivity index (χ1v) is 5.58. The minimum Gasteiger partial charge on any atom is -0.367 e. The Bertz CT molecular complexity index is 608. The summed E-state index contributed by atoms with van der Waals surface area (Å²) in [6.07, 6.45) is -4.64. The maximum atomic E-state index is 13.2. The van der Waals surface area contributed by atoms with E-state index in [4.69, 9.17) is 0 Å². The van der Waals surface area contributed by atoms with Gasteiger partial charge in [-0.25, -0.2) is 14.4 Å². The Morgan fingerprint density at radius 3 is 2.42 bits per heavy atom. The molecule has 102 valence electrons. The molecule has 0 spiro atoms. The van der Waals surface area contributed by atoms with Gasteiger partial charge in [0.1, 0.15) is 11.6 Å². The minimum atomic E-state index is -4.64. The Morgan fingerprint density at radius 2 is 1.84 bits per heavy atom. The highest BCUT2D eigenvalue weighted by Gasteiger charge is 2.35. The Hall–Kier alpha value is -1.92. The predicted octanol–water partition coefficient (Wildman–Crippen LogP) is 3.61. The molecule has 1 aromatic heterocycles. The van der Waals surface area contributed by atoms with E-state index in [2.05, 4.69) is 15.3 Å². The summed E-state index contributed by atoms with van der Waals surface area (Å²) in [6.45, 7) is 3.50. The van der Waals surface area contributed by atoms with Crippen LogP contribution >= 0.6 is 0 Å². The number of alkyl halides is 3. The average molecular weight is 273 g/mol. The predicted molar refractivity (Wildman–Crippen MR) is 63.3 cm³/mol. The van der Waals surface area contributed by atoms with Crippen LogP contribution in [0.1, 0.15) is 19.7 Å². The van der Waals surface area contributed by atoms with Crippen LogP contribution in [0.15, 0.2) is 18.2 Å². The lowest BCUT2D eigenvalue weighted by Crippen LogP contribution is -2.16. The van der Waals surface area contributed by atoms with Crippen molar-refractivity contribution >= 4 is 16.7 Å². The van der Waals surface area contributed by atoms with Gasteiger partial charge in [-0.3, -0.25) is 0 Å². The zero-order chi connectivity index (χ0) is 14.2. The van der Waals surface area contributed by atoms with Crippen LogP contribution in [-0.2, 0) is 6.18 Å². The lowest BCUT2D eigenvalue weighted by molar-refractivity contribution is -0.144. The molecule has 0 bridgehead atoms. The second-order valence-corrected chi connectivity index (χ2v) is 4.35. The Kier molecular flexibility index (Phi) is 3.30. The molecule has 0 saturated heterocycles. The van der Waals surface area contributed by atoms with E-state index >= 15 is 0 Å². The van der Waals surface area contributed by atoms with Crippen molar-refractivity contribution < 1.29 is 17.6 Å². The molecule has 1 heterocycles. The van der Waals surface area contributed by atoms with E-state index in [9.17, 15) is 17.6 Å². The molecule has 2 rings (SSSR count). The number of fused-ring (bicyclic) bond motifs is 1. The minimum absolute atomic E-state index is 0.0215. The molecule has 0 fully saturated rings. The zero-order valence-electron chi connectivity index (χ0n) is 10.2. The standard InChI is InChI=1S/C12H11F4N3/c1-6(2)17-10-8-5-7(13)3-4-9(8)18-11(19-10)12(14,15)16/h3-6H,1-2H3,(H,17,18,19).